The number of rotatable bonds is 1. The fraction of sp³-hybridized carbons (Fsp3) is 0.333. The molecule has 2 rings (SSSR count). The van der Waals surface area contributed by atoms with Crippen LogP contribution in [0.15, 0.2) is 16.6 Å². The lowest BCUT2D eigenvalue weighted by atomic mass is 9.91. The van der Waals surface area contributed by atoms with E-state index >= 15 is 0 Å². The van der Waals surface area contributed by atoms with Crippen LogP contribution in [0.2, 0.25) is 0 Å². The molecule has 0 spiro atoms. The summed E-state index contributed by atoms with van der Waals surface area (Å²) in [6.45, 7) is 0.00991. The van der Waals surface area contributed by atoms with Gasteiger partial charge in [0.2, 0.25) is 0 Å². The quantitative estimate of drug-likeness (QED) is 0.786. The molecule has 1 fully saturated rings. The first-order valence-electron chi connectivity index (χ1n) is 3.99. The van der Waals surface area contributed by atoms with Crippen molar-refractivity contribution in [3.63, 3.8) is 0 Å². The summed E-state index contributed by atoms with van der Waals surface area (Å²) in [6.07, 6.45) is 0. The van der Waals surface area contributed by atoms with Crippen molar-refractivity contribution in [2.45, 2.75) is 5.60 Å². The Bertz CT molecular complexity index is 377. The van der Waals surface area contributed by atoms with Crippen LogP contribution in [-0.4, -0.2) is 18.3 Å². The van der Waals surface area contributed by atoms with Crippen LogP contribution >= 0.6 is 15.9 Å². The van der Waals surface area contributed by atoms with Crippen LogP contribution in [-0.2, 0) is 10.3 Å². The zero-order valence-corrected chi connectivity index (χ0v) is 8.64. The SMILES string of the molecule is OC1(c2ccc(Br)c(F)c2F)COC1. The van der Waals surface area contributed by atoms with Crippen molar-refractivity contribution in [2.24, 2.45) is 0 Å². The average molecular weight is 265 g/mol. The second-order valence-electron chi connectivity index (χ2n) is 3.25. The Morgan fingerprint density at radius 2 is 1.93 bits per heavy atom. The van der Waals surface area contributed by atoms with Crippen LogP contribution in [0, 0.1) is 11.6 Å². The van der Waals surface area contributed by atoms with Crippen LogP contribution in [0.3, 0.4) is 0 Å². The van der Waals surface area contributed by atoms with Crippen LogP contribution in [0.25, 0.3) is 0 Å². The molecule has 76 valence electrons. The van der Waals surface area contributed by atoms with Gasteiger partial charge in [0.1, 0.15) is 5.60 Å². The number of ether oxygens (including phenoxy) is 1. The number of halogens is 3. The van der Waals surface area contributed by atoms with Crippen molar-refractivity contribution >= 4 is 15.9 Å². The molecule has 5 heteroatoms. The molecule has 1 heterocycles. The van der Waals surface area contributed by atoms with Crippen LogP contribution in [0.5, 0.6) is 0 Å². The Balaban J connectivity index is 2.49. The normalized spacial score (nSPS) is 19.1. The molecular formula is C9H7BrF2O2. The standard InChI is InChI=1S/C9H7BrF2O2/c10-6-2-1-5(7(11)8(6)12)9(13)3-14-4-9/h1-2,13H,3-4H2. The monoisotopic (exact) mass is 264 g/mol. The minimum atomic E-state index is -1.37. The highest BCUT2D eigenvalue weighted by molar-refractivity contribution is 9.10. The van der Waals surface area contributed by atoms with Crippen molar-refractivity contribution in [1.82, 2.24) is 0 Å². The molecule has 0 radical (unpaired) electrons. The van der Waals surface area contributed by atoms with E-state index in [4.69, 9.17) is 4.74 Å². The third-order valence-corrected chi connectivity index (χ3v) is 2.83. The van der Waals surface area contributed by atoms with Crippen molar-refractivity contribution in [3.05, 3.63) is 33.8 Å². The van der Waals surface area contributed by atoms with E-state index in [2.05, 4.69) is 15.9 Å². The van der Waals surface area contributed by atoms with Gasteiger partial charge in [-0.2, -0.15) is 0 Å². The number of benzene rings is 1. The first-order chi connectivity index (χ1) is 6.54. The molecule has 1 aromatic rings. The topological polar surface area (TPSA) is 29.5 Å². The summed E-state index contributed by atoms with van der Waals surface area (Å²) in [6, 6.07) is 2.72. The zero-order valence-electron chi connectivity index (χ0n) is 7.06. The summed E-state index contributed by atoms with van der Waals surface area (Å²) in [4.78, 5) is 0. The molecule has 1 aliphatic heterocycles. The third kappa shape index (κ3) is 1.36. The van der Waals surface area contributed by atoms with Crippen molar-refractivity contribution in [1.29, 1.82) is 0 Å². The van der Waals surface area contributed by atoms with E-state index in [-0.39, 0.29) is 23.2 Å². The van der Waals surface area contributed by atoms with Crippen molar-refractivity contribution < 1.29 is 18.6 Å². The summed E-state index contributed by atoms with van der Waals surface area (Å²) >= 11 is 2.86. The Labute approximate surface area is 87.6 Å². The summed E-state index contributed by atoms with van der Waals surface area (Å²) in [5.74, 6) is -2.01. The number of hydrogen-bond donors (Lipinski definition) is 1. The van der Waals surface area contributed by atoms with E-state index in [9.17, 15) is 13.9 Å². The first-order valence-corrected chi connectivity index (χ1v) is 4.78. The van der Waals surface area contributed by atoms with Crippen molar-refractivity contribution in [3.8, 4) is 0 Å². The van der Waals surface area contributed by atoms with Gasteiger partial charge in [-0.15, -0.1) is 0 Å². The molecule has 0 aliphatic carbocycles. The molecule has 1 saturated heterocycles. The van der Waals surface area contributed by atoms with Crippen LogP contribution in [0.1, 0.15) is 5.56 Å². The molecule has 0 amide bonds. The largest absolute Gasteiger partial charge is 0.380 e. The minimum absolute atomic E-state index is 0.00495. The predicted octanol–water partition coefficient (Wildman–Crippen LogP) is 1.95. The molecule has 0 aromatic heterocycles. The van der Waals surface area contributed by atoms with Gasteiger partial charge in [-0.05, 0) is 22.0 Å². The Morgan fingerprint density at radius 1 is 1.29 bits per heavy atom. The van der Waals surface area contributed by atoms with E-state index in [1.807, 2.05) is 0 Å². The number of aliphatic hydroxyl groups is 1. The molecule has 0 unspecified atom stereocenters. The molecular weight excluding hydrogens is 258 g/mol. The molecule has 0 saturated carbocycles. The lowest BCUT2D eigenvalue weighted by Gasteiger charge is -2.36. The summed E-state index contributed by atoms with van der Waals surface area (Å²) in [5, 5.41) is 9.73. The highest BCUT2D eigenvalue weighted by atomic mass is 79.9. The maximum Gasteiger partial charge on any atom is 0.173 e. The van der Waals surface area contributed by atoms with Crippen LogP contribution < -0.4 is 0 Å². The zero-order chi connectivity index (χ0) is 10.3. The molecule has 14 heavy (non-hydrogen) atoms. The van der Waals surface area contributed by atoms with E-state index in [1.165, 1.54) is 12.1 Å². The molecule has 0 atom stereocenters. The molecule has 1 aliphatic rings. The lowest BCUT2D eigenvalue weighted by Crippen LogP contribution is -2.47. The van der Waals surface area contributed by atoms with Gasteiger partial charge < -0.3 is 9.84 Å². The van der Waals surface area contributed by atoms with Gasteiger partial charge in [-0.1, -0.05) is 6.07 Å². The molecule has 1 N–H and O–H groups in total. The summed E-state index contributed by atoms with van der Waals surface area (Å²) < 4.78 is 31.3. The Morgan fingerprint density at radius 3 is 2.43 bits per heavy atom. The Kier molecular flexibility index (Phi) is 2.33. The highest BCUT2D eigenvalue weighted by Crippen LogP contribution is 2.33. The fourth-order valence-corrected chi connectivity index (χ4v) is 1.64. The van der Waals surface area contributed by atoms with Crippen LogP contribution in [0.4, 0.5) is 8.78 Å². The fourth-order valence-electron chi connectivity index (χ4n) is 1.34. The van der Waals surface area contributed by atoms with E-state index in [0.717, 1.165) is 0 Å². The second kappa shape index (κ2) is 3.25. The highest BCUT2D eigenvalue weighted by Gasteiger charge is 2.41. The molecule has 0 bridgehead atoms. The van der Waals surface area contributed by atoms with Gasteiger partial charge in [0.15, 0.2) is 11.6 Å². The predicted molar refractivity (Wildman–Crippen MR) is 48.8 cm³/mol. The molecule has 2 nitrogen and oxygen atoms in total. The Hall–Kier alpha value is -0.520. The van der Waals surface area contributed by atoms with Gasteiger partial charge >= 0.3 is 0 Å². The maximum absolute atomic E-state index is 13.4. The second-order valence-corrected chi connectivity index (χ2v) is 4.10. The van der Waals surface area contributed by atoms with E-state index in [1.54, 1.807) is 0 Å². The number of hydrogen-bond acceptors (Lipinski definition) is 2. The summed E-state index contributed by atoms with van der Waals surface area (Å²) in [7, 11) is 0. The van der Waals surface area contributed by atoms with Gasteiger partial charge in [0.05, 0.1) is 17.7 Å². The smallest absolute Gasteiger partial charge is 0.173 e. The van der Waals surface area contributed by atoms with Gasteiger partial charge in [0.25, 0.3) is 0 Å². The third-order valence-electron chi connectivity index (χ3n) is 2.22. The lowest BCUT2D eigenvalue weighted by molar-refractivity contribution is -0.186. The molecule has 1 aromatic carbocycles. The van der Waals surface area contributed by atoms with Gasteiger partial charge in [0, 0.05) is 5.56 Å². The van der Waals surface area contributed by atoms with Crippen molar-refractivity contribution in [2.75, 3.05) is 13.2 Å². The van der Waals surface area contributed by atoms with E-state index < -0.39 is 17.2 Å². The maximum atomic E-state index is 13.4. The minimum Gasteiger partial charge on any atom is -0.380 e. The average Bonchev–Trinajstić information content (AvgIpc) is 2.11. The van der Waals surface area contributed by atoms with Gasteiger partial charge in [-0.3, -0.25) is 0 Å². The van der Waals surface area contributed by atoms with E-state index in [0.29, 0.717) is 0 Å². The summed E-state index contributed by atoms with van der Waals surface area (Å²) in [5.41, 5.74) is -1.42. The first kappa shape index (κ1) is 10.0. The van der Waals surface area contributed by atoms with Gasteiger partial charge in [-0.25, -0.2) is 8.78 Å².